The molecule has 0 aromatic carbocycles. The second-order valence-electron chi connectivity index (χ2n) is 4.79. The van der Waals surface area contributed by atoms with Crippen molar-refractivity contribution in [1.29, 1.82) is 0 Å². The van der Waals surface area contributed by atoms with E-state index in [0.29, 0.717) is 5.54 Å². The lowest BCUT2D eigenvalue weighted by Gasteiger charge is -2.45. The third-order valence-corrected chi connectivity index (χ3v) is 3.45. The van der Waals surface area contributed by atoms with Crippen LogP contribution in [0, 0.1) is 0 Å². The van der Waals surface area contributed by atoms with Crippen LogP contribution in [0.4, 0.5) is 0 Å². The quantitative estimate of drug-likeness (QED) is 0.511. The molecule has 0 spiro atoms. The lowest BCUT2D eigenvalue weighted by molar-refractivity contribution is -0.958. The fourth-order valence-corrected chi connectivity index (χ4v) is 2.40. The number of rotatable bonds is 1. The van der Waals surface area contributed by atoms with E-state index in [-0.39, 0.29) is 0 Å². The minimum Gasteiger partial charge on any atom is -0.320 e. The highest BCUT2D eigenvalue weighted by atomic mass is 15.4. The van der Waals surface area contributed by atoms with E-state index >= 15 is 0 Å². The average Bonchev–Trinajstić information content (AvgIpc) is 2.33. The number of hydrogen-bond acceptors (Lipinski definition) is 0. The van der Waals surface area contributed by atoms with Gasteiger partial charge in [-0.15, -0.1) is 0 Å². The highest BCUT2D eigenvalue weighted by Crippen LogP contribution is 2.30. The van der Waals surface area contributed by atoms with Crippen LogP contribution in [0.15, 0.2) is 0 Å². The van der Waals surface area contributed by atoms with E-state index < -0.39 is 0 Å². The van der Waals surface area contributed by atoms with Crippen molar-refractivity contribution in [1.82, 2.24) is 0 Å². The van der Waals surface area contributed by atoms with Crippen molar-refractivity contribution in [2.24, 2.45) is 0 Å². The van der Waals surface area contributed by atoms with Gasteiger partial charge < -0.3 is 4.48 Å². The molecule has 1 fully saturated rings. The Balaban J connectivity index is 2.75. The maximum absolute atomic E-state index is 2.38. The zero-order chi connectivity index (χ0) is 8.54. The Morgan fingerprint density at radius 1 is 1.09 bits per heavy atom. The highest BCUT2D eigenvalue weighted by Gasteiger charge is 2.40. The zero-order valence-corrected chi connectivity index (χ0v) is 8.48. The van der Waals surface area contributed by atoms with Crippen molar-refractivity contribution in [2.75, 3.05) is 19.6 Å². The second-order valence-corrected chi connectivity index (χ2v) is 4.79. The Kier molecular flexibility index (Phi) is 2.29. The molecule has 0 aromatic heterocycles. The maximum Gasteiger partial charge on any atom is 0.0907 e. The summed E-state index contributed by atoms with van der Waals surface area (Å²) in [5.74, 6) is 0. The van der Waals surface area contributed by atoms with E-state index in [9.17, 15) is 0 Å². The number of quaternary nitrogens is 1. The van der Waals surface area contributed by atoms with Crippen molar-refractivity contribution in [2.45, 2.75) is 46.1 Å². The van der Waals surface area contributed by atoms with Crippen LogP contribution in [-0.2, 0) is 0 Å². The van der Waals surface area contributed by atoms with Crippen LogP contribution < -0.4 is 0 Å². The molecule has 0 aliphatic carbocycles. The van der Waals surface area contributed by atoms with Gasteiger partial charge in [0.25, 0.3) is 0 Å². The fourth-order valence-electron chi connectivity index (χ4n) is 2.40. The molecule has 1 nitrogen and oxygen atoms in total. The zero-order valence-electron chi connectivity index (χ0n) is 8.48. The summed E-state index contributed by atoms with van der Waals surface area (Å²) >= 11 is 0. The van der Waals surface area contributed by atoms with Gasteiger partial charge in [-0.2, -0.15) is 0 Å². The molecule has 0 bridgehead atoms. The summed E-state index contributed by atoms with van der Waals surface area (Å²) in [5.41, 5.74) is 0.464. The molecule has 0 N–H and O–H groups in total. The van der Waals surface area contributed by atoms with E-state index in [1.54, 1.807) is 0 Å². The van der Waals surface area contributed by atoms with Crippen LogP contribution in [0.2, 0.25) is 0 Å². The molecule has 0 saturated carbocycles. The van der Waals surface area contributed by atoms with Crippen LogP contribution in [0.25, 0.3) is 0 Å². The lowest BCUT2D eigenvalue weighted by Crippen LogP contribution is -2.58. The smallest absolute Gasteiger partial charge is 0.0907 e. The number of hydrogen-bond donors (Lipinski definition) is 0. The first kappa shape index (κ1) is 9.05. The predicted octanol–water partition coefficient (Wildman–Crippen LogP) is 2.42. The molecule has 0 aromatic rings. The van der Waals surface area contributed by atoms with Gasteiger partial charge >= 0.3 is 0 Å². The van der Waals surface area contributed by atoms with E-state index in [2.05, 4.69) is 27.7 Å². The monoisotopic (exact) mass is 156 g/mol. The molecule has 0 amide bonds. The molecular formula is C10H22N+. The fraction of sp³-hybridized carbons (Fsp3) is 1.00. The number of nitrogens with zero attached hydrogens (tertiary/aromatic N) is 1. The molecule has 1 aliphatic heterocycles. The molecule has 0 unspecified atom stereocenters. The van der Waals surface area contributed by atoms with Crippen molar-refractivity contribution in [3.8, 4) is 0 Å². The Hall–Kier alpha value is -0.0400. The summed E-state index contributed by atoms with van der Waals surface area (Å²) in [5, 5.41) is 0. The summed E-state index contributed by atoms with van der Waals surface area (Å²) in [6.45, 7) is 13.6. The van der Waals surface area contributed by atoms with E-state index in [1.807, 2.05) is 0 Å². The van der Waals surface area contributed by atoms with Crippen molar-refractivity contribution < 1.29 is 4.48 Å². The first-order valence-corrected chi connectivity index (χ1v) is 4.88. The van der Waals surface area contributed by atoms with Crippen molar-refractivity contribution >= 4 is 0 Å². The van der Waals surface area contributed by atoms with Crippen LogP contribution in [0.5, 0.6) is 0 Å². The standard InChI is InChI=1S/C10H22N/c1-5-11(10(2,3)4)8-6-7-9-11/h5-9H2,1-4H3/q+1. The summed E-state index contributed by atoms with van der Waals surface area (Å²) in [7, 11) is 0. The van der Waals surface area contributed by atoms with Gasteiger partial charge in [0.05, 0.1) is 25.2 Å². The summed E-state index contributed by atoms with van der Waals surface area (Å²) in [4.78, 5) is 0. The summed E-state index contributed by atoms with van der Waals surface area (Å²) in [6.07, 6.45) is 2.87. The van der Waals surface area contributed by atoms with Gasteiger partial charge in [-0.3, -0.25) is 0 Å². The van der Waals surface area contributed by atoms with Crippen LogP contribution >= 0.6 is 0 Å². The lowest BCUT2D eigenvalue weighted by atomic mass is 10.0. The van der Waals surface area contributed by atoms with Crippen LogP contribution in [0.1, 0.15) is 40.5 Å². The Labute approximate surface area is 71.0 Å². The molecule has 0 atom stereocenters. The Bertz CT molecular complexity index is 126. The van der Waals surface area contributed by atoms with E-state index in [4.69, 9.17) is 0 Å². The molecule has 11 heavy (non-hydrogen) atoms. The predicted molar refractivity (Wildman–Crippen MR) is 49.5 cm³/mol. The van der Waals surface area contributed by atoms with Gasteiger partial charge in [-0.05, 0) is 27.7 Å². The van der Waals surface area contributed by atoms with Crippen LogP contribution in [0.3, 0.4) is 0 Å². The van der Waals surface area contributed by atoms with Gasteiger partial charge in [0.1, 0.15) is 0 Å². The largest absolute Gasteiger partial charge is 0.320 e. The Morgan fingerprint density at radius 3 is 1.73 bits per heavy atom. The third-order valence-electron chi connectivity index (χ3n) is 3.45. The molecule has 1 heterocycles. The van der Waals surface area contributed by atoms with Crippen molar-refractivity contribution in [3.05, 3.63) is 0 Å². The van der Waals surface area contributed by atoms with E-state index in [0.717, 1.165) is 0 Å². The Morgan fingerprint density at radius 2 is 1.55 bits per heavy atom. The van der Waals surface area contributed by atoms with Gasteiger partial charge in [0, 0.05) is 12.8 Å². The van der Waals surface area contributed by atoms with Crippen LogP contribution in [-0.4, -0.2) is 29.7 Å². The molecule has 1 saturated heterocycles. The molecule has 1 rings (SSSR count). The van der Waals surface area contributed by atoms with E-state index in [1.165, 1.54) is 37.0 Å². The summed E-state index contributed by atoms with van der Waals surface area (Å²) in [6, 6.07) is 0. The molecule has 1 heteroatoms. The molecule has 0 radical (unpaired) electrons. The molecular weight excluding hydrogens is 134 g/mol. The SMILES string of the molecule is CC[N+]1(C(C)(C)C)CCCC1. The minimum absolute atomic E-state index is 0.464. The minimum atomic E-state index is 0.464. The first-order chi connectivity index (χ1) is 5.02. The first-order valence-electron chi connectivity index (χ1n) is 4.88. The molecule has 1 aliphatic rings. The topological polar surface area (TPSA) is 0 Å². The van der Waals surface area contributed by atoms with Gasteiger partial charge in [0.15, 0.2) is 0 Å². The second kappa shape index (κ2) is 2.78. The van der Waals surface area contributed by atoms with Gasteiger partial charge in [0.2, 0.25) is 0 Å². The average molecular weight is 156 g/mol. The van der Waals surface area contributed by atoms with Gasteiger partial charge in [-0.25, -0.2) is 0 Å². The highest BCUT2D eigenvalue weighted by molar-refractivity contribution is 4.67. The number of likely N-dealkylation sites (tertiary alicyclic amines) is 1. The molecule has 66 valence electrons. The van der Waals surface area contributed by atoms with Crippen molar-refractivity contribution in [3.63, 3.8) is 0 Å². The van der Waals surface area contributed by atoms with Gasteiger partial charge in [-0.1, -0.05) is 0 Å². The summed E-state index contributed by atoms with van der Waals surface area (Å²) < 4.78 is 1.34. The normalized spacial score (nSPS) is 24.0. The maximum atomic E-state index is 2.38. The third kappa shape index (κ3) is 1.44.